The summed E-state index contributed by atoms with van der Waals surface area (Å²) >= 11 is 0. The molecule has 0 saturated heterocycles. The summed E-state index contributed by atoms with van der Waals surface area (Å²) in [7, 11) is 2.00. The zero-order valence-electron chi connectivity index (χ0n) is 7.23. The molecule has 1 aromatic heterocycles. The quantitative estimate of drug-likeness (QED) is 0.665. The third kappa shape index (κ3) is 2.98. The summed E-state index contributed by atoms with van der Waals surface area (Å²) in [5, 5.41) is 3.52. The van der Waals surface area contributed by atoms with Crippen LogP contribution in [0.1, 0.15) is 12.3 Å². The van der Waals surface area contributed by atoms with Crippen LogP contribution in [0, 0.1) is 0 Å². The molecule has 0 aromatic carbocycles. The van der Waals surface area contributed by atoms with E-state index in [2.05, 4.69) is 15.0 Å². The average Bonchev–Trinajstić information content (AvgIpc) is 2.53. The third-order valence-corrected chi connectivity index (χ3v) is 1.56. The van der Waals surface area contributed by atoms with Crippen LogP contribution in [0.15, 0.2) is 10.9 Å². The van der Waals surface area contributed by atoms with Gasteiger partial charge in [0.1, 0.15) is 0 Å². The number of hydrogen-bond donors (Lipinski definition) is 1. The number of nitrogens with two attached hydrogens (primary N) is 1. The molecule has 68 valence electrons. The highest BCUT2D eigenvalue weighted by Crippen LogP contribution is 1.97. The van der Waals surface area contributed by atoms with Crippen LogP contribution in [-0.4, -0.2) is 35.2 Å². The molecule has 0 atom stereocenters. The molecule has 0 aliphatic carbocycles. The van der Waals surface area contributed by atoms with Gasteiger partial charge in [0.05, 0.1) is 6.54 Å². The Balaban J connectivity index is 2.22. The second-order valence-electron chi connectivity index (χ2n) is 2.72. The summed E-state index contributed by atoms with van der Waals surface area (Å²) in [4.78, 5) is 6.01. The van der Waals surface area contributed by atoms with Crippen molar-refractivity contribution < 1.29 is 4.52 Å². The first-order valence-corrected chi connectivity index (χ1v) is 3.97. The molecule has 0 radical (unpaired) electrons. The summed E-state index contributed by atoms with van der Waals surface area (Å²) in [5.74, 6) is 0.648. The Kier molecular flexibility index (Phi) is 3.69. The molecule has 0 saturated carbocycles. The first-order chi connectivity index (χ1) is 5.83. The molecular formula is C7H14N4O. The van der Waals surface area contributed by atoms with Gasteiger partial charge in [0, 0.05) is 0 Å². The molecule has 0 bridgehead atoms. The summed E-state index contributed by atoms with van der Waals surface area (Å²) in [6, 6.07) is 0. The highest BCUT2D eigenvalue weighted by atomic mass is 16.5. The van der Waals surface area contributed by atoms with E-state index in [0.29, 0.717) is 19.0 Å². The van der Waals surface area contributed by atoms with Gasteiger partial charge in [-0.15, -0.1) is 0 Å². The SMILES string of the molecule is CN(CCCN)Cc1ncno1. The molecule has 1 heterocycles. The highest BCUT2D eigenvalue weighted by Gasteiger charge is 2.03. The van der Waals surface area contributed by atoms with Gasteiger partial charge < -0.3 is 10.3 Å². The van der Waals surface area contributed by atoms with Crippen molar-refractivity contribution in [1.29, 1.82) is 0 Å². The molecule has 0 fully saturated rings. The highest BCUT2D eigenvalue weighted by molar-refractivity contribution is 4.73. The van der Waals surface area contributed by atoms with Crippen molar-refractivity contribution in [3.05, 3.63) is 12.2 Å². The van der Waals surface area contributed by atoms with Crippen molar-refractivity contribution in [2.24, 2.45) is 5.73 Å². The lowest BCUT2D eigenvalue weighted by atomic mass is 10.4. The largest absolute Gasteiger partial charge is 0.338 e. The summed E-state index contributed by atoms with van der Waals surface area (Å²) in [5.41, 5.74) is 5.37. The summed E-state index contributed by atoms with van der Waals surface area (Å²) < 4.78 is 4.85. The molecule has 12 heavy (non-hydrogen) atoms. The van der Waals surface area contributed by atoms with E-state index >= 15 is 0 Å². The third-order valence-electron chi connectivity index (χ3n) is 1.56. The van der Waals surface area contributed by atoms with Gasteiger partial charge in [-0.1, -0.05) is 5.16 Å². The van der Waals surface area contributed by atoms with Gasteiger partial charge in [-0.05, 0) is 26.6 Å². The predicted octanol–water partition coefficient (Wildman–Crippen LogP) is -0.150. The van der Waals surface area contributed by atoms with E-state index in [1.807, 2.05) is 7.05 Å². The van der Waals surface area contributed by atoms with Gasteiger partial charge in [0.15, 0.2) is 6.33 Å². The number of nitrogens with zero attached hydrogens (tertiary/aromatic N) is 3. The maximum absolute atomic E-state index is 5.37. The van der Waals surface area contributed by atoms with E-state index in [1.54, 1.807) is 0 Å². The molecule has 2 N–H and O–H groups in total. The topological polar surface area (TPSA) is 68.2 Å². The molecule has 5 heteroatoms. The molecule has 0 spiro atoms. The Labute approximate surface area is 71.5 Å². The second kappa shape index (κ2) is 4.84. The summed E-state index contributed by atoms with van der Waals surface area (Å²) in [6.45, 7) is 2.37. The molecule has 0 aliphatic heterocycles. The zero-order chi connectivity index (χ0) is 8.81. The normalized spacial score (nSPS) is 10.9. The lowest BCUT2D eigenvalue weighted by molar-refractivity contribution is 0.265. The van der Waals surface area contributed by atoms with Crippen molar-refractivity contribution in [3.63, 3.8) is 0 Å². The van der Waals surface area contributed by atoms with E-state index in [-0.39, 0.29) is 0 Å². The van der Waals surface area contributed by atoms with Crippen LogP contribution in [0.25, 0.3) is 0 Å². The van der Waals surface area contributed by atoms with Crippen LogP contribution < -0.4 is 5.73 Å². The Morgan fingerprint density at radius 1 is 1.67 bits per heavy atom. The van der Waals surface area contributed by atoms with E-state index in [1.165, 1.54) is 6.33 Å². The van der Waals surface area contributed by atoms with E-state index in [0.717, 1.165) is 13.0 Å². The number of hydrogen-bond acceptors (Lipinski definition) is 5. The van der Waals surface area contributed by atoms with Crippen LogP contribution in [0.5, 0.6) is 0 Å². The Morgan fingerprint density at radius 2 is 2.50 bits per heavy atom. The van der Waals surface area contributed by atoms with Crippen molar-refractivity contribution in [1.82, 2.24) is 15.0 Å². The molecular weight excluding hydrogens is 156 g/mol. The van der Waals surface area contributed by atoms with Crippen LogP contribution in [-0.2, 0) is 6.54 Å². The fourth-order valence-electron chi connectivity index (χ4n) is 0.937. The van der Waals surface area contributed by atoms with E-state index in [9.17, 15) is 0 Å². The monoisotopic (exact) mass is 170 g/mol. The van der Waals surface area contributed by atoms with E-state index < -0.39 is 0 Å². The molecule has 0 aliphatic rings. The minimum absolute atomic E-state index is 0.648. The smallest absolute Gasteiger partial charge is 0.240 e. The Hall–Kier alpha value is -0.940. The van der Waals surface area contributed by atoms with Crippen LogP contribution >= 0.6 is 0 Å². The van der Waals surface area contributed by atoms with Gasteiger partial charge in [0.2, 0.25) is 5.89 Å². The fraction of sp³-hybridized carbons (Fsp3) is 0.714. The van der Waals surface area contributed by atoms with Crippen molar-refractivity contribution in [2.75, 3.05) is 20.1 Å². The van der Waals surface area contributed by atoms with Gasteiger partial charge in [-0.25, -0.2) is 0 Å². The van der Waals surface area contributed by atoms with E-state index in [4.69, 9.17) is 10.3 Å². The lowest BCUT2D eigenvalue weighted by Gasteiger charge is -2.12. The molecule has 0 amide bonds. The maximum atomic E-state index is 5.37. The van der Waals surface area contributed by atoms with Crippen molar-refractivity contribution >= 4 is 0 Å². The average molecular weight is 170 g/mol. The standard InChI is InChI=1S/C7H14N4O/c1-11(4-2-3-8)5-7-9-6-10-12-7/h6H,2-5,8H2,1H3. The predicted molar refractivity (Wildman–Crippen MR) is 44.3 cm³/mol. The first kappa shape index (κ1) is 9.15. The van der Waals surface area contributed by atoms with Gasteiger partial charge >= 0.3 is 0 Å². The fourth-order valence-corrected chi connectivity index (χ4v) is 0.937. The Morgan fingerprint density at radius 3 is 3.08 bits per heavy atom. The zero-order valence-corrected chi connectivity index (χ0v) is 7.23. The molecule has 1 rings (SSSR count). The number of aromatic nitrogens is 2. The minimum Gasteiger partial charge on any atom is -0.338 e. The van der Waals surface area contributed by atoms with Crippen LogP contribution in [0.3, 0.4) is 0 Å². The first-order valence-electron chi connectivity index (χ1n) is 3.97. The molecule has 1 aromatic rings. The van der Waals surface area contributed by atoms with Gasteiger partial charge in [-0.3, -0.25) is 4.90 Å². The lowest BCUT2D eigenvalue weighted by Crippen LogP contribution is -2.21. The maximum Gasteiger partial charge on any atom is 0.240 e. The van der Waals surface area contributed by atoms with Crippen molar-refractivity contribution in [3.8, 4) is 0 Å². The summed E-state index contributed by atoms with van der Waals surface area (Å²) in [6.07, 6.45) is 2.40. The molecule has 5 nitrogen and oxygen atoms in total. The van der Waals surface area contributed by atoms with Crippen LogP contribution in [0.2, 0.25) is 0 Å². The number of rotatable bonds is 5. The minimum atomic E-state index is 0.648. The Bertz CT molecular complexity index is 199. The molecule has 0 unspecified atom stereocenters. The van der Waals surface area contributed by atoms with Crippen molar-refractivity contribution in [2.45, 2.75) is 13.0 Å². The van der Waals surface area contributed by atoms with Gasteiger partial charge in [0.25, 0.3) is 0 Å². The second-order valence-corrected chi connectivity index (χ2v) is 2.72. The van der Waals surface area contributed by atoms with Gasteiger partial charge in [-0.2, -0.15) is 4.98 Å². The van der Waals surface area contributed by atoms with Crippen LogP contribution in [0.4, 0.5) is 0 Å².